The second-order valence-corrected chi connectivity index (χ2v) is 3.19. The molecule has 2 nitrogen and oxygen atoms in total. The number of nitrogens with two attached hydrogens (primary N) is 1. The average molecular weight is 203 g/mol. The summed E-state index contributed by atoms with van der Waals surface area (Å²) in [6.07, 6.45) is 7.13. The summed E-state index contributed by atoms with van der Waals surface area (Å²) in [4.78, 5) is 0. The normalized spacial score (nSPS) is 14.4. The monoisotopic (exact) mass is 203 g/mol. The van der Waals surface area contributed by atoms with E-state index in [1.54, 1.807) is 0 Å². The lowest BCUT2D eigenvalue weighted by Crippen LogP contribution is -2.21. The lowest BCUT2D eigenvalue weighted by Gasteiger charge is -2.25. The quantitative estimate of drug-likeness (QED) is 0.711. The van der Waals surface area contributed by atoms with Crippen LogP contribution < -0.4 is 5.73 Å². The lowest BCUT2D eigenvalue weighted by atomic mass is 9.96. The van der Waals surface area contributed by atoms with Crippen LogP contribution in [-0.2, 0) is 4.74 Å². The van der Waals surface area contributed by atoms with Crippen molar-refractivity contribution in [2.24, 2.45) is 5.73 Å². The molecule has 2 N–H and O–H groups in total. The van der Waals surface area contributed by atoms with Gasteiger partial charge in [-0.3, -0.25) is 0 Å². The zero-order chi connectivity index (χ0) is 11.2. The minimum atomic E-state index is 0.636. The van der Waals surface area contributed by atoms with Crippen molar-refractivity contribution in [1.82, 2.24) is 0 Å². The predicted octanol–water partition coefficient (Wildman–Crippen LogP) is 3.35. The van der Waals surface area contributed by atoms with Gasteiger partial charge >= 0.3 is 0 Å². The molecule has 0 aromatic carbocycles. The minimum Gasteiger partial charge on any atom is -0.378 e. The minimum absolute atomic E-state index is 0.636. The summed E-state index contributed by atoms with van der Waals surface area (Å²) in [5.74, 6) is 0. The van der Waals surface area contributed by atoms with Crippen LogP contribution in [0.2, 0.25) is 0 Å². The number of rotatable bonds is 4. The molecule has 0 aromatic rings. The molecule has 1 rings (SSSR count). The van der Waals surface area contributed by atoms with E-state index in [1.165, 1.54) is 32.1 Å². The second kappa shape index (κ2) is 15.4. The summed E-state index contributed by atoms with van der Waals surface area (Å²) < 4.78 is 5.52. The van der Waals surface area contributed by atoms with Crippen LogP contribution in [0.15, 0.2) is 0 Å². The Kier molecular flexibility index (Phi) is 18.0. The van der Waals surface area contributed by atoms with Crippen molar-refractivity contribution >= 4 is 0 Å². The molecule has 0 aromatic heterocycles. The fourth-order valence-electron chi connectivity index (χ4n) is 0.932. The maximum Gasteiger partial charge on any atom is 0.0575 e. The van der Waals surface area contributed by atoms with Gasteiger partial charge in [-0.1, -0.05) is 34.1 Å². The molecule has 0 aliphatic heterocycles. The van der Waals surface area contributed by atoms with E-state index in [0.29, 0.717) is 6.10 Å². The highest BCUT2D eigenvalue weighted by Gasteiger charge is 2.16. The second-order valence-electron chi connectivity index (χ2n) is 3.19. The van der Waals surface area contributed by atoms with Gasteiger partial charge in [-0.05, 0) is 32.2 Å². The molecule has 0 spiro atoms. The van der Waals surface area contributed by atoms with Crippen LogP contribution in [-0.4, -0.2) is 19.3 Å². The van der Waals surface area contributed by atoms with Gasteiger partial charge in [-0.15, -0.1) is 0 Å². The molecule has 1 saturated carbocycles. The molecule has 1 aliphatic rings. The first-order valence-corrected chi connectivity index (χ1v) is 6.16. The first kappa shape index (κ1) is 16.4. The number of ether oxygens (including phenoxy) is 1. The van der Waals surface area contributed by atoms with Crippen LogP contribution in [0.25, 0.3) is 0 Å². The Balaban J connectivity index is 0. The molecule has 0 heterocycles. The number of hydrogen-bond acceptors (Lipinski definition) is 2. The molecule has 0 saturated heterocycles. The van der Waals surface area contributed by atoms with Crippen LogP contribution in [0.3, 0.4) is 0 Å². The molecule has 0 radical (unpaired) electrons. The van der Waals surface area contributed by atoms with Crippen molar-refractivity contribution in [1.29, 1.82) is 0 Å². The van der Waals surface area contributed by atoms with E-state index < -0.39 is 0 Å². The van der Waals surface area contributed by atoms with E-state index in [1.807, 2.05) is 20.8 Å². The van der Waals surface area contributed by atoms with Gasteiger partial charge in [0.05, 0.1) is 6.10 Å². The highest BCUT2D eigenvalue weighted by Crippen LogP contribution is 2.21. The van der Waals surface area contributed by atoms with E-state index >= 15 is 0 Å². The Labute approximate surface area is 90.2 Å². The van der Waals surface area contributed by atoms with E-state index in [9.17, 15) is 0 Å². The molecule has 0 unspecified atom stereocenters. The summed E-state index contributed by atoms with van der Waals surface area (Å²) >= 11 is 0. The van der Waals surface area contributed by atoms with Crippen LogP contribution in [0, 0.1) is 0 Å². The molecule has 14 heavy (non-hydrogen) atoms. The fraction of sp³-hybridized carbons (Fsp3) is 1.00. The summed E-state index contributed by atoms with van der Waals surface area (Å²) in [5.41, 5.74) is 4.85. The van der Waals surface area contributed by atoms with Gasteiger partial charge in [0.15, 0.2) is 0 Å². The van der Waals surface area contributed by atoms with Crippen LogP contribution >= 0.6 is 0 Å². The van der Waals surface area contributed by atoms with Crippen LogP contribution in [0.4, 0.5) is 0 Å². The van der Waals surface area contributed by atoms with Gasteiger partial charge in [0.2, 0.25) is 0 Å². The maximum atomic E-state index is 5.52. The first-order valence-electron chi connectivity index (χ1n) is 6.16. The highest BCUT2D eigenvalue weighted by molar-refractivity contribution is 4.68. The van der Waals surface area contributed by atoms with Gasteiger partial charge < -0.3 is 10.5 Å². The zero-order valence-electron chi connectivity index (χ0n) is 10.5. The van der Waals surface area contributed by atoms with Crippen molar-refractivity contribution in [3.63, 3.8) is 0 Å². The summed E-state index contributed by atoms with van der Waals surface area (Å²) in [5, 5.41) is 0. The van der Waals surface area contributed by atoms with Gasteiger partial charge in [0, 0.05) is 6.61 Å². The van der Waals surface area contributed by atoms with Gasteiger partial charge in [0.25, 0.3) is 0 Å². The van der Waals surface area contributed by atoms with E-state index in [-0.39, 0.29) is 0 Å². The highest BCUT2D eigenvalue weighted by atomic mass is 16.5. The summed E-state index contributed by atoms with van der Waals surface area (Å²) in [6, 6.07) is 0. The maximum absolute atomic E-state index is 5.52. The van der Waals surface area contributed by atoms with Crippen LogP contribution in [0.5, 0.6) is 0 Å². The third-order valence-electron chi connectivity index (χ3n) is 1.90. The molecule has 88 valence electrons. The van der Waals surface area contributed by atoms with Crippen molar-refractivity contribution in [2.75, 3.05) is 13.2 Å². The SMILES string of the molecule is CC.CCCCOC1CCC1.CCN. The van der Waals surface area contributed by atoms with E-state index in [4.69, 9.17) is 10.5 Å². The average Bonchev–Trinajstić information content (AvgIpc) is 2.14. The molecule has 1 fully saturated rings. The van der Waals surface area contributed by atoms with Crippen LogP contribution in [0.1, 0.15) is 59.8 Å². The standard InChI is InChI=1S/C8H16O.C2H7N.C2H6/c1-2-3-7-9-8-5-4-6-8;1-2-3;1-2/h8H,2-7H2,1H3;2-3H2,1H3;1-2H3. The fourth-order valence-corrected chi connectivity index (χ4v) is 0.932. The Morgan fingerprint density at radius 3 is 2.00 bits per heavy atom. The van der Waals surface area contributed by atoms with Gasteiger partial charge in [-0.25, -0.2) is 0 Å². The Hall–Kier alpha value is -0.0800. The molecular weight excluding hydrogens is 174 g/mol. The van der Waals surface area contributed by atoms with Crippen molar-refractivity contribution in [2.45, 2.75) is 65.9 Å². The molecule has 1 aliphatic carbocycles. The third kappa shape index (κ3) is 11.9. The molecule has 0 bridgehead atoms. The summed E-state index contributed by atoms with van der Waals surface area (Å²) in [6.45, 7) is 9.84. The largest absolute Gasteiger partial charge is 0.378 e. The number of hydrogen-bond donors (Lipinski definition) is 1. The smallest absolute Gasteiger partial charge is 0.0575 e. The molecule has 0 atom stereocenters. The molecular formula is C12H29NO. The van der Waals surface area contributed by atoms with E-state index in [2.05, 4.69) is 6.92 Å². The Morgan fingerprint density at radius 1 is 1.21 bits per heavy atom. The zero-order valence-corrected chi connectivity index (χ0v) is 10.5. The third-order valence-corrected chi connectivity index (χ3v) is 1.90. The Morgan fingerprint density at radius 2 is 1.71 bits per heavy atom. The van der Waals surface area contributed by atoms with Gasteiger partial charge in [-0.2, -0.15) is 0 Å². The summed E-state index contributed by atoms with van der Waals surface area (Å²) in [7, 11) is 0. The molecule has 0 amide bonds. The van der Waals surface area contributed by atoms with Crippen molar-refractivity contribution in [3.8, 4) is 0 Å². The Bertz CT molecular complexity index is 82.4. The predicted molar refractivity (Wildman–Crippen MR) is 64.6 cm³/mol. The first-order chi connectivity index (χ1) is 6.85. The van der Waals surface area contributed by atoms with Gasteiger partial charge in [0.1, 0.15) is 0 Å². The van der Waals surface area contributed by atoms with Crippen molar-refractivity contribution in [3.05, 3.63) is 0 Å². The number of unbranched alkanes of at least 4 members (excludes halogenated alkanes) is 1. The topological polar surface area (TPSA) is 35.2 Å². The molecule has 2 heteroatoms. The van der Waals surface area contributed by atoms with E-state index in [0.717, 1.165) is 13.2 Å². The lowest BCUT2D eigenvalue weighted by molar-refractivity contribution is 0.00117. The van der Waals surface area contributed by atoms with Crippen molar-refractivity contribution < 1.29 is 4.74 Å².